The maximum Gasteiger partial charge on any atom is 0.124 e. The molecule has 0 fully saturated rings. The molecule has 0 N–H and O–H groups in total. The Labute approximate surface area is 297 Å². The van der Waals surface area contributed by atoms with E-state index in [0.717, 1.165) is 37.9 Å². The van der Waals surface area contributed by atoms with Crippen molar-refractivity contribution in [2.45, 2.75) is 9.79 Å². The third-order valence-electron chi connectivity index (χ3n) is 9.29. The summed E-state index contributed by atoms with van der Waals surface area (Å²) >= 11 is 7.24. The summed E-state index contributed by atoms with van der Waals surface area (Å²) in [6.07, 6.45) is 0. The molecule has 0 unspecified atom stereocenters. The van der Waals surface area contributed by atoms with Gasteiger partial charge in [0.15, 0.2) is 0 Å². The number of thiazole rings is 2. The van der Waals surface area contributed by atoms with Crippen molar-refractivity contribution in [1.29, 1.82) is 0 Å². The van der Waals surface area contributed by atoms with E-state index in [1.807, 2.05) is 23.1 Å². The van der Waals surface area contributed by atoms with Crippen molar-refractivity contribution in [2.75, 3.05) is 4.90 Å². The number of nitrogens with zero attached hydrogens (tertiary/aromatic N) is 3. The van der Waals surface area contributed by atoms with Gasteiger partial charge in [0.1, 0.15) is 10.0 Å². The summed E-state index contributed by atoms with van der Waals surface area (Å²) in [6, 6.07) is 50.7. The van der Waals surface area contributed by atoms with Gasteiger partial charge in [-0.05, 0) is 102 Å². The van der Waals surface area contributed by atoms with Gasteiger partial charge in [-0.1, -0.05) is 60.3 Å². The fraction of sp³-hybridized carbons (Fsp3) is 0. The van der Waals surface area contributed by atoms with E-state index in [1.165, 1.54) is 61.5 Å². The van der Waals surface area contributed by atoms with Crippen molar-refractivity contribution in [3.63, 3.8) is 0 Å². The number of para-hydroxylation sites is 2. The lowest BCUT2D eigenvalue weighted by Gasteiger charge is -2.33. The second-order valence-electron chi connectivity index (χ2n) is 12.3. The molecule has 0 saturated carbocycles. The van der Waals surface area contributed by atoms with E-state index >= 15 is 0 Å². The fourth-order valence-electron chi connectivity index (χ4n) is 6.92. The third-order valence-corrected chi connectivity index (χ3v) is 13.7. The highest BCUT2D eigenvalue weighted by Crippen LogP contribution is 2.55. The maximum absolute atomic E-state index is 4.99. The van der Waals surface area contributed by atoms with Gasteiger partial charge in [-0.3, -0.25) is 0 Å². The molecule has 49 heavy (non-hydrogen) atoms. The van der Waals surface area contributed by atoms with E-state index in [0.29, 0.717) is 0 Å². The second kappa shape index (κ2) is 10.7. The number of benzene rings is 7. The molecule has 0 bridgehead atoms. The highest BCUT2D eigenvalue weighted by Gasteiger charge is 2.27. The van der Waals surface area contributed by atoms with Crippen LogP contribution in [0.25, 0.3) is 72.5 Å². The summed E-state index contributed by atoms with van der Waals surface area (Å²) in [6.45, 7) is 0. The van der Waals surface area contributed by atoms with Crippen LogP contribution in [0.5, 0.6) is 0 Å². The summed E-state index contributed by atoms with van der Waals surface area (Å²) < 4.78 is 5.04. The molecule has 0 amide bonds. The molecule has 10 aromatic rings. The molecular formula is C42H23N3S4. The number of fused-ring (bicyclic) bond motifs is 8. The molecule has 1 aliphatic heterocycles. The van der Waals surface area contributed by atoms with E-state index in [4.69, 9.17) is 9.97 Å². The van der Waals surface area contributed by atoms with Gasteiger partial charge in [-0.25, -0.2) is 9.97 Å². The summed E-state index contributed by atoms with van der Waals surface area (Å²) in [5, 5.41) is 7.29. The Morgan fingerprint density at radius 3 is 1.76 bits per heavy atom. The van der Waals surface area contributed by atoms with E-state index in [9.17, 15) is 0 Å². The molecule has 0 aliphatic carbocycles. The Bertz CT molecular complexity index is 2870. The van der Waals surface area contributed by atoms with Gasteiger partial charge >= 0.3 is 0 Å². The predicted molar refractivity (Wildman–Crippen MR) is 213 cm³/mol. The minimum absolute atomic E-state index is 1.04. The zero-order valence-corrected chi connectivity index (χ0v) is 29.0. The number of rotatable bonds is 3. The molecular weight excluding hydrogens is 675 g/mol. The van der Waals surface area contributed by atoms with Crippen LogP contribution in [0.15, 0.2) is 149 Å². The van der Waals surface area contributed by atoms with E-state index in [2.05, 4.69) is 144 Å². The second-order valence-corrected chi connectivity index (χ2v) is 16.5. The number of hydrogen-bond donors (Lipinski definition) is 0. The smallest absolute Gasteiger partial charge is 0.124 e. The lowest BCUT2D eigenvalue weighted by atomic mass is 10.1. The first-order valence-corrected chi connectivity index (χ1v) is 19.3. The SMILES string of the molecule is c1ccc2cc3c(cc2c1)sc1cc2c(cc13)Sc1cc(-c3nc4ccccc4s3)ccc1N2c1ccc(-c2nc3ccccc3s2)cc1. The Hall–Kier alpha value is -5.05. The van der Waals surface area contributed by atoms with Gasteiger partial charge in [-0.2, -0.15) is 0 Å². The van der Waals surface area contributed by atoms with Crippen LogP contribution in [0.3, 0.4) is 0 Å². The monoisotopic (exact) mass is 697 g/mol. The first kappa shape index (κ1) is 27.9. The molecule has 3 nitrogen and oxygen atoms in total. The average Bonchev–Trinajstić information content (AvgIpc) is 3.87. The quantitative estimate of drug-likeness (QED) is 0.184. The Morgan fingerprint density at radius 2 is 1.02 bits per heavy atom. The van der Waals surface area contributed by atoms with E-state index in [1.54, 1.807) is 22.7 Å². The normalized spacial score (nSPS) is 12.8. The van der Waals surface area contributed by atoms with Crippen molar-refractivity contribution in [1.82, 2.24) is 9.97 Å². The summed E-state index contributed by atoms with van der Waals surface area (Å²) in [7, 11) is 0. The van der Waals surface area contributed by atoms with E-state index < -0.39 is 0 Å². The molecule has 0 spiro atoms. The minimum atomic E-state index is 1.04. The number of aromatic nitrogens is 2. The van der Waals surface area contributed by atoms with Gasteiger partial charge in [0, 0.05) is 46.8 Å². The van der Waals surface area contributed by atoms with Gasteiger partial charge in [0.25, 0.3) is 0 Å². The van der Waals surface area contributed by atoms with Crippen LogP contribution in [0.1, 0.15) is 0 Å². The molecule has 7 aromatic carbocycles. The van der Waals surface area contributed by atoms with Crippen molar-refractivity contribution < 1.29 is 0 Å². The van der Waals surface area contributed by atoms with Gasteiger partial charge in [0.05, 0.1) is 31.8 Å². The van der Waals surface area contributed by atoms with E-state index in [-0.39, 0.29) is 0 Å². The zero-order valence-electron chi connectivity index (χ0n) is 25.8. The molecule has 0 atom stereocenters. The molecule has 0 radical (unpaired) electrons. The fourth-order valence-corrected chi connectivity index (χ4v) is 11.1. The maximum atomic E-state index is 4.99. The molecule has 7 heteroatoms. The van der Waals surface area contributed by atoms with Crippen molar-refractivity contribution in [3.05, 3.63) is 140 Å². The highest BCUT2D eigenvalue weighted by molar-refractivity contribution is 7.99. The standard InChI is InChI=1S/C42H23N3S4/c1-2-8-26-20-37-29(19-25(26)7-1)30-22-40-34(23-38(30)46-37)45(28-16-13-24(14-17-28)41-43-31-9-3-5-11-35(31)48-41)33-18-15-27(21-39(33)47-40)42-44-32-10-4-6-12-36(32)49-42/h1-23H. The molecule has 11 rings (SSSR count). The van der Waals surface area contributed by atoms with Crippen LogP contribution in [0, 0.1) is 0 Å². The summed E-state index contributed by atoms with van der Waals surface area (Å²) in [5.74, 6) is 0. The Balaban J connectivity index is 1.08. The van der Waals surface area contributed by atoms with Crippen molar-refractivity contribution >= 4 is 114 Å². The average molecular weight is 698 g/mol. The largest absolute Gasteiger partial charge is 0.308 e. The lowest BCUT2D eigenvalue weighted by molar-refractivity contribution is 1.17. The lowest BCUT2D eigenvalue weighted by Crippen LogP contribution is -2.14. The van der Waals surface area contributed by atoms with Crippen LogP contribution < -0.4 is 4.90 Å². The first-order chi connectivity index (χ1) is 24.2. The number of thiophene rings is 1. The topological polar surface area (TPSA) is 29.0 Å². The van der Waals surface area contributed by atoms with Crippen LogP contribution in [-0.4, -0.2) is 9.97 Å². The highest BCUT2D eigenvalue weighted by atomic mass is 32.2. The van der Waals surface area contributed by atoms with Crippen molar-refractivity contribution in [2.24, 2.45) is 0 Å². The zero-order chi connectivity index (χ0) is 32.1. The third kappa shape index (κ3) is 4.47. The van der Waals surface area contributed by atoms with Crippen LogP contribution >= 0.6 is 45.8 Å². The van der Waals surface area contributed by atoms with Crippen LogP contribution in [0.2, 0.25) is 0 Å². The van der Waals surface area contributed by atoms with Gasteiger partial charge in [-0.15, -0.1) is 34.0 Å². The number of hydrogen-bond acceptors (Lipinski definition) is 7. The molecule has 1 aliphatic rings. The minimum Gasteiger partial charge on any atom is -0.308 e. The van der Waals surface area contributed by atoms with Gasteiger partial charge < -0.3 is 4.90 Å². The van der Waals surface area contributed by atoms with Gasteiger partial charge in [0.2, 0.25) is 0 Å². The van der Waals surface area contributed by atoms with Crippen LogP contribution in [-0.2, 0) is 0 Å². The van der Waals surface area contributed by atoms with Crippen molar-refractivity contribution in [3.8, 4) is 21.1 Å². The molecule has 0 saturated heterocycles. The van der Waals surface area contributed by atoms with Crippen LogP contribution in [0.4, 0.5) is 17.1 Å². The predicted octanol–water partition coefficient (Wildman–Crippen LogP) is 13.7. The molecule has 230 valence electrons. The molecule has 3 aromatic heterocycles. The Kier molecular flexibility index (Phi) is 6.10. The summed E-state index contributed by atoms with van der Waals surface area (Å²) in [4.78, 5) is 14.8. The Morgan fingerprint density at radius 1 is 0.429 bits per heavy atom. The first-order valence-electron chi connectivity index (χ1n) is 16.0. The molecule has 4 heterocycles. The number of anilines is 3. The summed E-state index contributed by atoms with van der Waals surface area (Å²) in [5.41, 5.74) is 7.90.